The maximum Gasteiger partial charge on any atom is 0.224 e. The van der Waals surface area contributed by atoms with Crippen molar-refractivity contribution >= 4 is 17.5 Å². The second-order valence-corrected chi connectivity index (χ2v) is 4.85. The lowest BCUT2D eigenvalue weighted by Crippen LogP contribution is -2.46. The fraction of sp³-hybridized carbons (Fsp3) is 0.462. The van der Waals surface area contributed by atoms with E-state index in [1.54, 1.807) is 0 Å². The van der Waals surface area contributed by atoms with Gasteiger partial charge in [-0.05, 0) is 37.1 Å². The topological polar surface area (TPSA) is 41.1 Å². The molecule has 1 saturated heterocycles. The summed E-state index contributed by atoms with van der Waals surface area (Å²) in [6, 6.07) is 7.71. The van der Waals surface area contributed by atoms with Gasteiger partial charge in [-0.3, -0.25) is 4.79 Å². The van der Waals surface area contributed by atoms with Crippen LogP contribution in [0.1, 0.15) is 18.4 Å². The van der Waals surface area contributed by atoms with E-state index in [0.717, 1.165) is 31.5 Å². The van der Waals surface area contributed by atoms with Crippen molar-refractivity contribution < 1.29 is 4.79 Å². The average molecular weight is 253 g/mol. The molecule has 1 aliphatic rings. The number of carbonyl (C=O) groups is 1. The Bertz CT molecular complexity index is 389. The number of piperidine rings is 1. The molecule has 2 N–H and O–H groups in total. The standard InChI is InChI=1S/C13H17ClN2O/c14-11-4-1-3-10(7-11)8-13(17)16-12-5-2-6-15-9-12/h1,3-4,7,12,15H,2,5-6,8-9H2,(H,16,17)/t12-/m1/s1. The van der Waals surface area contributed by atoms with Crippen molar-refractivity contribution in [1.82, 2.24) is 10.6 Å². The summed E-state index contributed by atoms with van der Waals surface area (Å²) in [5, 5.41) is 7.00. The normalized spacial score (nSPS) is 19.9. The van der Waals surface area contributed by atoms with E-state index in [0.29, 0.717) is 11.4 Å². The highest BCUT2D eigenvalue weighted by Gasteiger charge is 2.15. The van der Waals surface area contributed by atoms with Crippen molar-refractivity contribution in [2.24, 2.45) is 0 Å². The Morgan fingerprint density at radius 2 is 2.41 bits per heavy atom. The van der Waals surface area contributed by atoms with Crippen LogP contribution in [0.4, 0.5) is 0 Å². The molecule has 0 unspecified atom stereocenters. The molecule has 3 nitrogen and oxygen atoms in total. The van der Waals surface area contributed by atoms with Gasteiger partial charge in [0.25, 0.3) is 0 Å². The number of nitrogens with one attached hydrogen (secondary N) is 2. The molecule has 0 radical (unpaired) electrons. The number of halogens is 1. The van der Waals surface area contributed by atoms with E-state index in [2.05, 4.69) is 10.6 Å². The minimum Gasteiger partial charge on any atom is -0.352 e. The first-order valence-corrected chi connectivity index (χ1v) is 6.36. The SMILES string of the molecule is O=C(Cc1cccc(Cl)c1)N[C@@H]1CCCNC1. The molecule has 1 aliphatic heterocycles. The van der Waals surface area contributed by atoms with Gasteiger partial charge in [0, 0.05) is 17.6 Å². The minimum atomic E-state index is 0.0703. The van der Waals surface area contributed by atoms with Crippen molar-refractivity contribution in [2.75, 3.05) is 13.1 Å². The van der Waals surface area contributed by atoms with E-state index in [9.17, 15) is 4.79 Å². The average Bonchev–Trinajstić information content (AvgIpc) is 2.30. The van der Waals surface area contributed by atoms with Crippen LogP contribution in [-0.4, -0.2) is 25.0 Å². The van der Waals surface area contributed by atoms with Gasteiger partial charge >= 0.3 is 0 Å². The fourth-order valence-electron chi connectivity index (χ4n) is 2.09. The summed E-state index contributed by atoms with van der Waals surface area (Å²) in [5.41, 5.74) is 0.957. The molecule has 1 fully saturated rings. The number of amides is 1. The Hall–Kier alpha value is -1.06. The Labute approximate surface area is 107 Å². The van der Waals surface area contributed by atoms with Gasteiger partial charge in [0.1, 0.15) is 0 Å². The van der Waals surface area contributed by atoms with Crippen LogP contribution >= 0.6 is 11.6 Å². The summed E-state index contributed by atoms with van der Waals surface area (Å²) in [6.45, 7) is 1.93. The number of benzene rings is 1. The minimum absolute atomic E-state index is 0.0703. The third kappa shape index (κ3) is 4.02. The molecule has 1 amide bonds. The Balaban J connectivity index is 1.84. The highest BCUT2D eigenvalue weighted by atomic mass is 35.5. The first-order chi connectivity index (χ1) is 8.24. The maximum atomic E-state index is 11.8. The van der Waals surface area contributed by atoms with Gasteiger partial charge in [-0.2, -0.15) is 0 Å². The highest BCUT2D eigenvalue weighted by Crippen LogP contribution is 2.11. The quantitative estimate of drug-likeness (QED) is 0.861. The number of hydrogen-bond donors (Lipinski definition) is 2. The predicted octanol–water partition coefficient (Wildman–Crippen LogP) is 1.75. The summed E-state index contributed by atoms with van der Waals surface area (Å²) in [6.07, 6.45) is 2.59. The first kappa shape index (κ1) is 12.4. The zero-order valence-corrected chi connectivity index (χ0v) is 10.5. The summed E-state index contributed by atoms with van der Waals surface area (Å²) in [5.74, 6) is 0.0703. The second-order valence-electron chi connectivity index (χ2n) is 4.42. The third-order valence-electron chi connectivity index (χ3n) is 2.92. The van der Waals surface area contributed by atoms with E-state index in [1.165, 1.54) is 0 Å². The van der Waals surface area contributed by atoms with Crippen LogP contribution in [0, 0.1) is 0 Å². The Morgan fingerprint density at radius 3 is 3.12 bits per heavy atom. The van der Waals surface area contributed by atoms with Crippen LogP contribution in [0.2, 0.25) is 5.02 Å². The zero-order valence-electron chi connectivity index (χ0n) is 9.71. The van der Waals surface area contributed by atoms with Crippen molar-refractivity contribution in [3.63, 3.8) is 0 Å². The summed E-state index contributed by atoms with van der Waals surface area (Å²) >= 11 is 5.88. The summed E-state index contributed by atoms with van der Waals surface area (Å²) in [4.78, 5) is 11.8. The van der Waals surface area contributed by atoms with Crippen LogP contribution in [0.15, 0.2) is 24.3 Å². The first-order valence-electron chi connectivity index (χ1n) is 5.98. The summed E-state index contributed by atoms with van der Waals surface area (Å²) < 4.78 is 0. The molecule has 2 rings (SSSR count). The molecule has 92 valence electrons. The van der Waals surface area contributed by atoms with Gasteiger partial charge in [-0.1, -0.05) is 23.7 Å². The van der Waals surface area contributed by atoms with Crippen LogP contribution in [-0.2, 0) is 11.2 Å². The lowest BCUT2D eigenvalue weighted by atomic mass is 10.1. The van der Waals surface area contributed by atoms with E-state index in [1.807, 2.05) is 24.3 Å². The van der Waals surface area contributed by atoms with E-state index in [-0.39, 0.29) is 11.9 Å². The molecular weight excluding hydrogens is 236 g/mol. The van der Waals surface area contributed by atoms with Crippen LogP contribution in [0.25, 0.3) is 0 Å². The van der Waals surface area contributed by atoms with E-state index >= 15 is 0 Å². The molecule has 0 saturated carbocycles. The lowest BCUT2D eigenvalue weighted by molar-refractivity contribution is -0.121. The third-order valence-corrected chi connectivity index (χ3v) is 3.15. The number of carbonyl (C=O) groups excluding carboxylic acids is 1. The highest BCUT2D eigenvalue weighted by molar-refractivity contribution is 6.30. The molecule has 0 spiro atoms. The zero-order chi connectivity index (χ0) is 12.1. The molecule has 0 aliphatic carbocycles. The van der Waals surface area contributed by atoms with Crippen molar-refractivity contribution in [2.45, 2.75) is 25.3 Å². The summed E-state index contributed by atoms with van der Waals surface area (Å²) in [7, 11) is 0. The molecule has 0 bridgehead atoms. The van der Waals surface area contributed by atoms with Gasteiger partial charge < -0.3 is 10.6 Å². The van der Waals surface area contributed by atoms with Gasteiger partial charge in [0.2, 0.25) is 5.91 Å². The largest absolute Gasteiger partial charge is 0.352 e. The van der Waals surface area contributed by atoms with E-state index < -0.39 is 0 Å². The van der Waals surface area contributed by atoms with Crippen molar-refractivity contribution in [1.29, 1.82) is 0 Å². The van der Waals surface area contributed by atoms with Gasteiger partial charge in [-0.15, -0.1) is 0 Å². The smallest absolute Gasteiger partial charge is 0.224 e. The van der Waals surface area contributed by atoms with E-state index in [4.69, 9.17) is 11.6 Å². The van der Waals surface area contributed by atoms with Crippen molar-refractivity contribution in [3.8, 4) is 0 Å². The Kier molecular flexibility index (Phi) is 4.40. The van der Waals surface area contributed by atoms with Gasteiger partial charge in [-0.25, -0.2) is 0 Å². The van der Waals surface area contributed by atoms with Crippen LogP contribution < -0.4 is 10.6 Å². The number of rotatable bonds is 3. The second kappa shape index (κ2) is 6.03. The molecule has 1 heterocycles. The fourth-order valence-corrected chi connectivity index (χ4v) is 2.30. The predicted molar refractivity (Wildman–Crippen MR) is 69.2 cm³/mol. The molecule has 1 aromatic carbocycles. The molecule has 1 aromatic rings. The molecule has 4 heteroatoms. The van der Waals surface area contributed by atoms with Crippen LogP contribution in [0.5, 0.6) is 0 Å². The van der Waals surface area contributed by atoms with Crippen LogP contribution in [0.3, 0.4) is 0 Å². The maximum absolute atomic E-state index is 11.8. The lowest BCUT2D eigenvalue weighted by Gasteiger charge is -2.23. The molecule has 1 atom stereocenters. The monoisotopic (exact) mass is 252 g/mol. The van der Waals surface area contributed by atoms with Crippen molar-refractivity contribution in [3.05, 3.63) is 34.9 Å². The molecule has 17 heavy (non-hydrogen) atoms. The molecule has 0 aromatic heterocycles. The molecular formula is C13H17ClN2O. The number of hydrogen-bond acceptors (Lipinski definition) is 2. The Morgan fingerprint density at radius 1 is 1.53 bits per heavy atom. The van der Waals surface area contributed by atoms with Gasteiger partial charge in [0.15, 0.2) is 0 Å². The van der Waals surface area contributed by atoms with Gasteiger partial charge in [0.05, 0.1) is 6.42 Å².